The van der Waals surface area contributed by atoms with Crippen molar-refractivity contribution in [1.82, 2.24) is 15.5 Å². The molecule has 5 nitrogen and oxygen atoms in total. The highest BCUT2D eigenvalue weighted by Gasteiger charge is 2.29. The first-order valence-electron chi connectivity index (χ1n) is 6.57. The van der Waals surface area contributed by atoms with E-state index in [0.29, 0.717) is 23.6 Å². The maximum Gasteiger partial charge on any atom is 0.231 e. The van der Waals surface area contributed by atoms with Crippen molar-refractivity contribution in [2.75, 3.05) is 20.2 Å². The molecule has 2 aromatic rings. The Labute approximate surface area is 125 Å². The lowest BCUT2D eigenvalue weighted by Gasteiger charge is -2.07. The van der Waals surface area contributed by atoms with Crippen LogP contribution in [0.4, 0.5) is 0 Å². The maximum atomic E-state index is 5.42. The lowest BCUT2D eigenvalue weighted by Crippen LogP contribution is -2.08. The molecule has 0 radical (unpaired) electrons. The zero-order valence-corrected chi connectivity index (χ0v) is 13.0. The molecule has 0 spiro atoms. The van der Waals surface area contributed by atoms with E-state index in [1.54, 1.807) is 7.11 Å². The predicted octanol–water partition coefficient (Wildman–Crippen LogP) is 2.83. The van der Waals surface area contributed by atoms with Crippen molar-refractivity contribution in [2.45, 2.75) is 12.8 Å². The number of nitrogens with one attached hydrogen (secondary N) is 1. The number of hydrogen-bond acceptors (Lipinski definition) is 5. The molecule has 1 aromatic heterocycles. The van der Waals surface area contributed by atoms with Gasteiger partial charge in [-0.15, -0.1) is 0 Å². The number of nitrogens with zero attached hydrogens (tertiary/aromatic N) is 2. The van der Waals surface area contributed by atoms with Crippen LogP contribution in [0, 0.1) is 5.92 Å². The molecule has 0 aliphatic carbocycles. The number of hydrogen-bond donors (Lipinski definition) is 1. The summed E-state index contributed by atoms with van der Waals surface area (Å²) < 4.78 is 11.5. The Morgan fingerprint density at radius 1 is 1.40 bits per heavy atom. The summed E-state index contributed by atoms with van der Waals surface area (Å²) in [7, 11) is 1.64. The second kappa shape index (κ2) is 5.54. The van der Waals surface area contributed by atoms with E-state index >= 15 is 0 Å². The van der Waals surface area contributed by atoms with Gasteiger partial charge >= 0.3 is 0 Å². The molecule has 0 unspecified atom stereocenters. The van der Waals surface area contributed by atoms with Gasteiger partial charge in [-0.1, -0.05) is 12.1 Å². The third kappa shape index (κ3) is 2.45. The smallest absolute Gasteiger partial charge is 0.231 e. The second-order valence-corrected chi connectivity index (χ2v) is 5.90. The van der Waals surface area contributed by atoms with Gasteiger partial charge in [0.2, 0.25) is 11.7 Å². The molecule has 106 valence electrons. The first-order valence-corrected chi connectivity index (χ1v) is 7.36. The molecule has 6 heteroatoms. The largest absolute Gasteiger partial charge is 0.496 e. The Hall–Kier alpha value is -1.40. The lowest BCUT2D eigenvalue weighted by atomic mass is 9.98. The average molecular weight is 338 g/mol. The molecule has 0 amide bonds. The topological polar surface area (TPSA) is 60.2 Å². The van der Waals surface area contributed by atoms with Crippen molar-refractivity contribution in [3.63, 3.8) is 0 Å². The molecule has 1 aliphatic heterocycles. The molecule has 2 heterocycles. The molecular formula is C14H16BrN3O2. The highest BCUT2D eigenvalue weighted by molar-refractivity contribution is 9.10. The van der Waals surface area contributed by atoms with Crippen molar-refractivity contribution >= 4 is 15.9 Å². The molecule has 1 aliphatic rings. The van der Waals surface area contributed by atoms with E-state index in [1.165, 1.54) is 0 Å². The van der Waals surface area contributed by atoms with Crippen LogP contribution < -0.4 is 10.1 Å². The van der Waals surface area contributed by atoms with Crippen molar-refractivity contribution in [1.29, 1.82) is 0 Å². The Bertz CT molecular complexity index is 614. The minimum Gasteiger partial charge on any atom is -0.496 e. The van der Waals surface area contributed by atoms with Gasteiger partial charge in [0.25, 0.3) is 0 Å². The molecule has 3 rings (SSSR count). The SMILES string of the molecule is COc1ccc(-c2noc([C@@H]3CNC[C@H]3C)n2)cc1Br. The Morgan fingerprint density at radius 2 is 2.25 bits per heavy atom. The number of rotatable bonds is 3. The number of halogens is 1. The van der Waals surface area contributed by atoms with Crippen LogP contribution in [0.2, 0.25) is 0 Å². The van der Waals surface area contributed by atoms with Crippen LogP contribution in [-0.4, -0.2) is 30.3 Å². The van der Waals surface area contributed by atoms with Gasteiger partial charge in [0.1, 0.15) is 5.75 Å². The van der Waals surface area contributed by atoms with Crippen molar-refractivity contribution in [3.05, 3.63) is 28.6 Å². The summed E-state index contributed by atoms with van der Waals surface area (Å²) in [5.74, 6) is 2.93. The van der Waals surface area contributed by atoms with Gasteiger partial charge in [-0.05, 0) is 46.6 Å². The van der Waals surface area contributed by atoms with E-state index in [0.717, 1.165) is 28.9 Å². The molecular weight excluding hydrogens is 322 g/mol. The molecule has 2 atom stereocenters. The van der Waals surface area contributed by atoms with Crippen LogP contribution in [-0.2, 0) is 0 Å². The fourth-order valence-electron chi connectivity index (χ4n) is 2.45. The zero-order chi connectivity index (χ0) is 14.1. The average Bonchev–Trinajstić information content (AvgIpc) is 3.07. The number of ether oxygens (including phenoxy) is 1. The zero-order valence-electron chi connectivity index (χ0n) is 11.4. The molecule has 0 saturated carbocycles. The third-order valence-electron chi connectivity index (χ3n) is 3.69. The second-order valence-electron chi connectivity index (χ2n) is 5.05. The highest BCUT2D eigenvalue weighted by Crippen LogP contribution is 2.31. The quantitative estimate of drug-likeness (QED) is 0.933. The summed E-state index contributed by atoms with van der Waals surface area (Å²) in [6.45, 7) is 4.09. The minimum absolute atomic E-state index is 0.304. The van der Waals surface area contributed by atoms with Gasteiger partial charge in [0, 0.05) is 12.1 Å². The summed E-state index contributed by atoms with van der Waals surface area (Å²) in [5, 5.41) is 7.43. The van der Waals surface area contributed by atoms with E-state index in [9.17, 15) is 0 Å². The van der Waals surface area contributed by atoms with Crippen LogP contribution in [0.25, 0.3) is 11.4 Å². The number of benzene rings is 1. The standard InChI is InChI=1S/C14H16BrN3O2/c1-8-6-16-7-10(8)14-17-13(18-20-14)9-3-4-12(19-2)11(15)5-9/h3-5,8,10,16H,6-7H2,1-2H3/t8-,10-/m1/s1. The van der Waals surface area contributed by atoms with Gasteiger partial charge in [0.05, 0.1) is 17.5 Å². The molecule has 1 aromatic carbocycles. The molecule has 20 heavy (non-hydrogen) atoms. The first kappa shape index (κ1) is 13.6. The summed E-state index contributed by atoms with van der Waals surface area (Å²) in [6, 6.07) is 5.74. The maximum absolute atomic E-state index is 5.42. The Balaban J connectivity index is 1.88. The van der Waals surface area contributed by atoms with E-state index in [2.05, 4.69) is 38.3 Å². The summed E-state index contributed by atoms with van der Waals surface area (Å²) in [5.41, 5.74) is 0.909. The van der Waals surface area contributed by atoms with E-state index < -0.39 is 0 Å². The summed E-state index contributed by atoms with van der Waals surface area (Å²) in [6.07, 6.45) is 0. The monoisotopic (exact) mass is 337 g/mol. The van der Waals surface area contributed by atoms with Crippen LogP contribution >= 0.6 is 15.9 Å². The van der Waals surface area contributed by atoms with Crippen molar-refractivity contribution < 1.29 is 9.26 Å². The molecule has 1 N–H and O–H groups in total. The van der Waals surface area contributed by atoms with E-state index in [-0.39, 0.29) is 0 Å². The predicted molar refractivity (Wildman–Crippen MR) is 78.8 cm³/mol. The molecule has 0 bridgehead atoms. The van der Waals surface area contributed by atoms with Gasteiger partial charge in [0.15, 0.2) is 0 Å². The number of methoxy groups -OCH3 is 1. The van der Waals surface area contributed by atoms with Gasteiger partial charge in [-0.3, -0.25) is 0 Å². The van der Waals surface area contributed by atoms with Crippen LogP contribution in [0.3, 0.4) is 0 Å². The molecule has 1 saturated heterocycles. The van der Waals surface area contributed by atoms with Gasteiger partial charge in [-0.2, -0.15) is 4.98 Å². The summed E-state index contributed by atoms with van der Waals surface area (Å²) >= 11 is 3.47. The van der Waals surface area contributed by atoms with Crippen LogP contribution in [0.1, 0.15) is 18.7 Å². The normalized spacial score (nSPS) is 22.1. The minimum atomic E-state index is 0.304. The van der Waals surface area contributed by atoms with Crippen LogP contribution in [0.5, 0.6) is 5.75 Å². The third-order valence-corrected chi connectivity index (χ3v) is 4.31. The van der Waals surface area contributed by atoms with E-state index in [1.807, 2.05) is 18.2 Å². The first-order chi connectivity index (χ1) is 9.69. The van der Waals surface area contributed by atoms with Crippen molar-refractivity contribution in [2.24, 2.45) is 5.92 Å². The van der Waals surface area contributed by atoms with Gasteiger partial charge < -0.3 is 14.6 Å². The van der Waals surface area contributed by atoms with Crippen molar-refractivity contribution in [3.8, 4) is 17.1 Å². The highest BCUT2D eigenvalue weighted by atomic mass is 79.9. The van der Waals surface area contributed by atoms with E-state index in [4.69, 9.17) is 9.26 Å². The molecule has 1 fully saturated rings. The fraction of sp³-hybridized carbons (Fsp3) is 0.429. The Morgan fingerprint density at radius 3 is 2.90 bits per heavy atom. The van der Waals surface area contributed by atoms with Crippen LogP contribution in [0.15, 0.2) is 27.2 Å². The number of aromatic nitrogens is 2. The van der Waals surface area contributed by atoms with Gasteiger partial charge in [-0.25, -0.2) is 0 Å². The summed E-state index contributed by atoms with van der Waals surface area (Å²) in [4.78, 5) is 4.53. The lowest BCUT2D eigenvalue weighted by molar-refractivity contribution is 0.340. The fourth-order valence-corrected chi connectivity index (χ4v) is 2.99. The Kier molecular flexibility index (Phi) is 3.76.